The van der Waals surface area contributed by atoms with Gasteiger partial charge in [-0.2, -0.15) is 0 Å². The molecule has 0 radical (unpaired) electrons. The van der Waals surface area contributed by atoms with Crippen LogP contribution in [0.1, 0.15) is 12.7 Å². The summed E-state index contributed by atoms with van der Waals surface area (Å²) in [5.41, 5.74) is 0.778. The molecule has 0 amide bonds. The second kappa shape index (κ2) is 6.38. The molecule has 0 atom stereocenters. The van der Waals surface area contributed by atoms with Crippen LogP contribution in [-0.2, 0) is 11.2 Å². The first-order valence-electron chi connectivity index (χ1n) is 5.95. The number of carboxylic acid groups (broad SMARTS) is 1. The fourth-order valence-corrected chi connectivity index (χ4v) is 2.32. The Balaban J connectivity index is 2.36. The van der Waals surface area contributed by atoms with Gasteiger partial charge in [-0.1, -0.05) is 18.7 Å². The molecular formula is C12H14N4O3S. The molecular weight excluding hydrogens is 280 g/mol. The van der Waals surface area contributed by atoms with Crippen molar-refractivity contribution in [3.63, 3.8) is 0 Å². The number of carbonyl (C=O) groups is 1. The molecule has 0 aliphatic carbocycles. The van der Waals surface area contributed by atoms with Gasteiger partial charge >= 0.3 is 5.97 Å². The van der Waals surface area contributed by atoms with Crippen LogP contribution in [0.15, 0.2) is 23.5 Å². The largest absolute Gasteiger partial charge is 0.481 e. The Labute approximate surface area is 120 Å². The van der Waals surface area contributed by atoms with Gasteiger partial charge in [-0.05, 0) is 6.07 Å². The van der Waals surface area contributed by atoms with Gasteiger partial charge in [-0.25, -0.2) is 4.98 Å². The summed E-state index contributed by atoms with van der Waals surface area (Å²) in [4.78, 5) is 14.8. The lowest BCUT2D eigenvalue weighted by Gasteiger charge is -2.08. The third kappa shape index (κ3) is 3.08. The molecule has 1 N–H and O–H groups in total. The summed E-state index contributed by atoms with van der Waals surface area (Å²) in [6.07, 6.45) is 2.33. The molecule has 2 aromatic heterocycles. The highest BCUT2D eigenvalue weighted by molar-refractivity contribution is 7.99. The van der Waals surface area contributed by atoms with Crippen LogP contribution in [0, 0.1) is 0 Å². The molecule has 2 aromatic rings. The Kier molecular flexibility index (Phi) is 4.57. The molecule has 0 aliphatic heterocycles. The highest BCUT2D eigenvalue weighted by atomic mass is 32.2. The Bertz CT molecular complexity index is 597. The lowest BCUT2D eigenvalue weighted by Crippen LogP contribution is -2.05. The van der Waals surface area contributed by atoms with Gasteiger partial charge in [0, 0.05) is 12.5 Å². The number of methoxy groups -OCH3 is 1. The van der Waals surface area contributed by atoms with Crippen molar-refractivity contribution < 1.29 is 14.6 Å². The van der Waals surface area contributed by atoms with Gasteiger partial charge in [0.25, 0.3) is 0 Å². The van der Waals surface area contributed by atoms with E-state index >= 15 is 0 Å². The maximum Gasteiger partial charge on any atom is 0.313 e. The van der Waals surface area contributed by atoms with Gasteiger partial charge in [0.2, 0.25) is 5.88 Å². The third-order valence-electron chi connectivity index (χ3n) is 2.53. The van der Waals surface area contributed by atoms with E-state index < -0.39 is 5.97 Å². The van der Waals surface area contributed by atoms with Gasteiger partial charge in [0.15, 0.2) is 5.16 Å². The standard InChI is InChI=1S/C12H14N4O3S/c1-3-9-14-15-12(20-7-11(17)18)16(9)8-4-5-10(19-2)13-6-8/h4-6H,3,7H2,1-2H3,(H,17,18). The number of aromatic nitrogens is 4. The van der Waals surface area contributed by atoms with Crippen molar-refractivity contribution >= 4 is 17.7 Å². The quantitative estimate of drug-likeness (QED) is 0.805. The predicted molar refractivity (Wildman–Crippen MR) is 73.4 cm³/mol. The van der Waals surface area contributed by atoms with E-state index in [0.29, 0.717) is 17.5 Å². The fraction of sp³-hybridized carbons (Fsp3) is 0.333. The number of rotatable bonds is 6. The minimum atomic E-state index is -0.893. The zero-order chi connectivity index (χ0) is 14.5. The van der Waals surface area contributed by atoms with E-state index in [0.717, 1.165) is 23.3 Å². The van der Waals surface area contributed by atoms with E-state index in [9.17, 15) is 4.79 Å². The minimum Gasteiger partial charge on any atom is -0.481 e. The number of nitrogens with zero attached hydrogens (tertiary/aromatic N) is 4. The van der Waals surface area contributed by atoms with E-state index in [1.165, 1.54) is 0 Å². The second-order valence-electron chi connectivity index (χ2n) is 3.83. The van der Waals surface area contributed by atoms with Crippen molar-refractivity contribution in [1.82, 2.24) is 19.7 Å². The number of hydrogen-bond donors (Lipinski definition) is 1. The summed E-state index contributed by atoms with van der Waals surface area (Å²) in [7, 11) is 1.55. The molecule has 20 heavy (non-hydrogen) atoms. The molecule has 0 saturated heterocycles. The van der Waals surface area contributed by atoms with Crippen molar-refractivity contribution in [1.29, 1.82) is 0 Å². The van der Waals surface area contributed by atoms with Gasteiger partial charge in [0.05, 0.1) is 24.7 Å². The third-order valence-corrected chi connectivity index (χ3v) is 3.44. The number of carboxylic acids is 1. The van der Waals surface area contributed by atoms with Gasteiger partial charge < -0.3 is 9.84 Å². The first-order valence-corrected chi connectivity index (χ1v) is 6.93. The maximum atomic E-state index is 10.7. The second-order valence-corrected chi connectivity index (χ2v) is 4.77. The summed E-state index contributed by atoms with van der Waals surface area (Å²) >= 11 is 1.13. The van der Waals surface area contributed by atoms with Crippen molar-refractivity contribution in [2.24, 2.45) is 0 Å². The molecule has 8 heteroatoms. The van der Waals surface area contributed by atoms with Crippen LogP contribution in [0.4, 0.5) is 0 Å². The molecule has 0 unspecified atom stereocenters. The molecule has 0 aliphatic rings. The molecule has 0 fully saturated rings. The Morgan fingerprint density at radius 3 is 2.80 bits per heavy atom. The number of ether oxygens (including phenoxy) is 1. The molecule has 0 saturated carbocycles. The maximum absolute atomic E-state index is 10.7. The molecule has 0 bridgehead atoms. The Morgan fingerprint density at radius 2 is 2.25 bits per heavy atom. The highest BCUT2D eigenvalue weighted by Gasteiger charge is 2.14. The number of thioether (sulfide) groups is 1. The summed E-state index contributed by atoms with van der Waals surface area (Å²) in [5.74, 6) is 0.311. The SMILES string of the molecule is CCc1nnc(SCC(=O)O)n1-c1ccc(OC)nc1. The molecule has 0 spiro atoms. The van der Waals surface area contributed by atoms with E-state index in [4.69, 9.17) is 9.84 Å². The molecule has 7 nitrogen and oxygen atoms in total. The van der Waals surface area contributed by atoms with E-state index in [1.54, 1.807) is 23.9 Å². The molecule has 106 valence electrons. The number of hydrogen-bond acceptors (Lipinski definition) is 6. The van der Waals surface area contributed by atoms with Crippen molar-refractivity contribution in [3.8, 4) is 11.6 Å². The van der Waals surface area contributed by atoms with Crippen LogP contribution in [0.25, 0.3) is 5.69 Å². The number of aliphatic carboxylic acids is 1. The predicted octanol–water partition coefficient (Wildman–Crippen LogP) is 1.41. The topological polar surface area (TPSA) is 90.1 Å². The Morgan fingerprint density at radius 1 is 1.45 bits per heavy atom. The lowest BCUT2D eigenvalue weighted by molar-refractivity contribution is -0.133. The van der Waals surface area contributed by atoms with Crippen LogP contribution in [-0.4, -0.2) is 43.7 Å². The van der Waals surface area contributed by atoms with Gasteiger partial charge in [0.1, 0.15) is 5.82 Å². The van der Waals surface area contributed by atoms with Gasteiger partial charge in [-0.3, -0.25) is 9.36 Å². The van der Waals surface area contributed by atoms with E-state index in [-0.39, 0.29) is 5.75 Å². The Hall–Kier alpha value is -2.09. The van der Waals surface area contributed by atoms with E-state index in [1.807, 2.05) is 13.0 Å². The first-order chi connectivity index (χ1) is 9.65. The van der Waals surface area contributed by atoms with Crippen LogP contribution < -0.4 is 4.74 Å². The number of pyridine rings is 1. The van der Waals surface area contributed by atoms with E-state index in [2.05, 4.69) is 15.2 Å². The van der Waals surface area contributed by atoms with Crippen LogP contribution in [0.5, 0.6) is 5.88 Å². The monoisotopic (exact) mass is 294 g/mol. The average molecular weight is 294 g/mol. The summed E-state index contributed by atoms with van der Waals surface area (Å²) in [6, 6.07) is 3.57. The minimum absolute atomic E-state index is 0.0641. The average Bonchev–Trinajstić information content (AvgIpc) is 2.88. The van der Waals surface area contributed by atoms with Crippen molar-refractivity contribution in [3.05, 3.63) is 24.2 Å². The van der Waals surface area contributed by atoms with Crippen molar-refractivity contribution in [2.45, 2.75) is 18.5 Å². The lowest BCUT2D eigenvalue weighted by atomic mass is 10.4. The van der Waals surface area contributed by atoms with Crippen LogP contribution in [0.3, 0.4) is 0 Å². The molecule has 2 rings (SSSR count). The zero-order valence-electron chi connectivity index (χ0n) is 11.1. The highest BCUT2D eigenvalue weighted by Crippen LogP contribution is 2.22. The first kappa shape index (κ1) is 14.3. The van der Waals surface area contributed by atoms with Crippen molar-refractivity contribution in [2.75, 3.05) is 12.9 Å². The summed E-state index contributed by atoms with van der Waals surface area (Å²) in [6.45, 7) is 1.96. The van der Waals surface area contributed by atoms with Gasteiger partial charge in [-0.15, -0.1) is 10.2 Å². The summed E-state index contributed by atoms with van der Waals surface area (Å²) in [5, 5.41) is 17.4. The summed E-state index contributed by atoms with van der Waals surface area (Å²) < 4.78 is 6.82. The fourth-order valence-electron chi connectivity index (χ4n) is 1.63. The normalized spacial score (nSPS) is 10.5. The zero-order valence-corrected chi connectivity index (χ0v) is 11.9. The van der Waals surface area contributed by atoms with Crippen LogP contribution >= 0.6 is 11.8 Å². The molecule has 2 heterocycles. The smallest absolute Gasteiger partial charge is 0.313 e. The van der Waals surface area contributed by atoms with Crippen LogP contribution in [0.2, 0.25) is 0 Å². The number of aryl methyl sites for hydroxylation is 1. The molecule has 0 aromatic carbocycles.